The maximum Gasteiger partial charge on any atom is 0.192 e. The quantitative estimate of drug-likeness (QED) is 0.793. The summed E-state index contributed by atoms with van der Waals surface area (Å²) < 4.78 is 0. The lowest BCUT2D eigenvalue weighted by Gasteiger charge is -2.03. The number of aryl methyl sites for hydroxylation is 2. The van der Waals surface area contributed by atoms with Crippen molar-refractivity contribution in [2.75, 3.05) is 0 Å². The number of rotatable bonds is 2. The zero-order valence-corrected chi connectivity index (χ0v) is 11.4. The van der Waals surface area contributed by atoms with Crippen molar-refractivity contribution in [2.24, 2.45) is 0 Å². The van der Waals surface area contributed by atoms with E-state index in [0.717, 1.165) is 11.4 Å². The van der Waals surface area contributed by atoms with Gasteiger partial charge in [0.25, 0.3) is 0 Å². The van der Waals surface area contributed by atoms with E-state index in [0.29, 0.717) is 20.4 Å². The van der Waals surface area contributed by atoms with Gasteiger partial charge in [-0.15, -0.1) is 10.2 Å². The highest BCUT2D eigenvalue weighted by Crippen LogP contribution is 2.31. The van der Waals surface area contributed by atoms with Gasteiger partial charge in [0, 0.05) is 11.4 Å². The molecular formula is C10H8Cl2N4S. The van der Waals surface area contributed by atoms with E-state index in [4.69, 9.17) is 23.2 Å². The predicted molar refractivity (Wildman–Crippen MR) is 67.7 cm³/mol. The molecule has 0 saturated heterocycles. The fraction of sp³-hybridized carbons (Fsp3) is 0.200. The smallest absolute Gasteiger partial charge is 0.192 e. The first-order valence-corrected chi connectivity index (χ1v) is 6.30. The third-order valence-electron chi connectivity index (χ3n) is 1.85. The van der Waals surface area contributed by atoms with E-state index >= 15 is 0 Å². The van der Waals surface area contributed by atoms with Crippen LogP contribution < -0.4 is 0 Å². The Bertz CT molecular complexity index is 542. The Labute approximate surface area is 113 Å². The van der Waals surface area contributed by atoms with E-state index in [-0.39, 0.29) is 0 Å². The Morgan fingerprint density at radius 1 is 1.00 bits per heavy atom. The molecule has 0 fully saturated rings. The second-order valence-electron chi connectivity index (χ2n) is 3.36. The third-order valence-corrected chi connectivity index (χ3v) is 3.32. The Balaban J connectivity index is 2.34. The van der Waals surface area contributed by atoms with Crippen molar-refractivity contribution in [3.05, 3.63) is 33.8 Å². The van der Waals surface area contributed by atoms with Crippen LogP contribution in [0.4, 0.5) is 0 Å². The Morgan fingerprint density at radius 2 is 1.65 bits per heavy atom. The van der Waals surface area contributed by atoms with Crippen LogP contribution in [-0.2, 0) is 0 Å². The number of nitrogens with zero attached hydrogens (tertiary/aromatic N) is 4. The van der Waals surface area contributed by atoms with Crippen LogP contribution in [0, 0.1) is 13.8 Å². The largest absolute Gasteiger partial charge is 0.228 e. The van der Waals surface area contributed by atoms with Crippen molar-refractivity contribution in [3.8, 4) is 0 Å². The number of hydrogen-bond donors (Lipinski definition) is 0. The molecule has 0 aromatic carbocycles. The normalized spacial score (nSPS) is 10.6. The van der Waals surface area contributed by atoms with E-state index in [2.05, 4.69) is 20.2 Å². The summed E-state index contributed by atoms with van der Waals surface area (Å²) in [6.45, 7) is 3.83. The first-order chi connectivity index (χ1) is 8.04. The molecule has 0 aliphatic carbocycles. The summed E-state index contributed by atoms with van der Waals surface area (Å²) in [6, 6.07) is 3.55. The zero-order valence-electron chi connectivity index (χ0n) is 9.11. The molecular weight excluding hydrogens is 279 g/mol. The summed E-state index contributed by atoms with van der Waals surface area (Å²) in [5.74, 6) is 0. The molecule has 0 aliphatic heterocycles. The van der Waals surface area contributed by atoms with Gasteiger partial charge in [-0.3, -0.25) is 0 Å². The van der Waals surface area contributed by atoms with E-state index in [1.807, 2.05) is 19.9 Å². The second kappa shape index (κ2) is 5.16. The van der Waals surface area contributed by atoms with Crippen molar-refractivity contribution < 1.29 is 0 Å². The van der Waals surface area contributed by atoms with Crippen LogP contribution in [0.15, 0.2) is 22.2 Å². The van der Waals surface area contributed by atoms with Crippen LogP contribution in [0.2, 0.25) is 10.3 Å². The Morgan fingerprint density at radius 3 is 2.29 bits per heavy atom. The van der Waals surface area contributed by atoms with Gasteiger partial charge in [-0.1, -0.05) is 23.2 Å². The van der Waals surface area contributed by atoms with Gasteiger partial charge in [0.1, 0.15) is 0 Å². The molecule has 88 valence electrons. The van der Waals surface area contributed by atoms with Crippen LogP contribution in [0.5, 0.6) is 0 Å². The van der Waals surface area contributed by atoms with Gasteiger partial charge in [-0.2, -0.15) is 0 Å². The topological polar surface area (TPSA) is 51.6 Å². The molecule has 0 bridgehead atoms. The van der Waals surface area contributed by atoms with Crippen molar-refractivity contribution in [1.82, 2.24) is 20.2 Å². The molecule has 0 N–H and O–H groups in total. The van der Waals surface area contributed by atoms with Gasteiger partial charge in [0.05, 0.1) is 4.90 Å². The lowest BCUT2D eigenvalue weighted by molar-refractivity contribution is 0.900. The number of halogens is 2. The molecule has 0 radical (unpaired) electrons. The van der Waals surface area contributed by atoms with E-state index < -0.39 is 0 Å². The third kappa shape index (κ3) is 3.28. The average Bonchev–Trinajstić information content (AvgIpc) is 2.22. The lowest BCUT2D eigenvalue weighted by Crippen LogP contribution is -1.93. The highest BCUT2D eigenvalue weighted by molar-refractivity contribution is 7.99. The van der Waals surface area contributed by atoms with Gasteiger partial charge in [0.2, 0.25) is 0 Å². The molecule has 0 amide bonds. The number of hydrogen-bond acceptors (Lipinski definition) is 5. The summed E-state index contributed by atoms with van der Waals surface area (Å²) >= 11 is 13.0. The minimum Gasteiger partial charge on any atom is -0.228 e. The van der Waals surface area contributed by atoms with Crippen molar-refractivity contribution in [1.29, 1.82) is 0 Å². The van der Waals surface area contributed by atoms with E-state index in [1.54, 1.807) is 6.07 Å². The molecule has 2 aromatic rings. The fourth-order valence-electron chi connectivity index (χ4n) is 1.25. The highest BCUT2D eigenvalue weighted by atomic mass is 35.5. The fourth-order valence-corrected chi connectivity index (χ4v) is 2.54. The van der Waals surface area contributed by atoms with Gasteiger partial charge >= 0.3 is 0 Å². The first-order valence-electron chi connectivity index (χ1n) is 4.73. The van der Waals surface area contributed by atoms with Crippen molar-refractivity contribution >= 4 is 35.0 Å². The van der Waals surface area contributed by atoms with Crippen LogP contribution in [-0.4, -0.2) is 20.2 Å². The molecule has 2 rings (SSSR count). The predicted octanol–water partition coefficient (Wildman–Crippen LogP) is 3.34. The zero-order chi connectivity index (χ0) is 12.4. The van der Waals surface area contributed by atoms with E-state index in [1.165, 1.54) is 11.8 Å². The molecule has 0 aliphatic rings. The highest BCUT2D eigenvalue weighted by Gasteiger charge is 2.09. The summed E-state index contributed by atoms with van der Waals surface area (Å²) in [4.78, 5) is 9.30. The minimum absolute atomic E-state index is 0.293. The van der Waals surface area contributed by atoms with E-state index in [9.17, 15) is 0 Å². The van der Waals surface area contributed by atoms with Crippen LogP contribution in [0.3, 0.4) is 0 Å². The molecule has 0 spiro atoms. The SMILES string of the molecule is Cc1cc(C)nc(Sc2cc(Cl)nnc2Cl)n1. The maximum atomic E-state index is 5.92. The summed E-state index contributed by atoms with van der Waals surface area (Å²) in [5, 5.41) is 8.58. The molecule has 4 nitrogen and oxygen atoms in total. The maximum absolute atomic E-state index is 5.92. The van der Waals surface area contributed by atoms with Crippen LogP contribution in [0.1, 0.15) is 11.4 Å². The van der Waals surface area contributed by atoms with Gasteiger partial charge < -0.3 is 0 Å². The van der Waals surface area contributed by atoms with Gasteiger partial charge in [-0.05, 0) is 37.7 Å². The Kier molecular flexibility index (Phi) is 3.81. The van der Waals surface area contributed by atoms with Crippen LogP contribution >= 0.6 is 35.0 Å². The summed E-state index contributed by atoms with van der Waals surface area (Å²) in [6.07, 6.45) is 0. The van der Waals surface area contributed by atoms with Crippen molar-refractivity contribution in [3.63, 3.8) is 0 Å². The molecule has 0 unspecified atom stereocenters. The minimum atomic E-state index is 0.293. The molecule has 0 atom stereocenters. The van der Waals surface area contributed by atoms with Gasteiger partial charge in [0.15, 0.2) is 15.5 Å². The summed E-state index contributed by atoms with van der Waals surface area (Å²) in [5.41, 5.74) is 1.81. The van der Waals surface area contributed by atoms with Gasteiger partial charge in [-0.25, -0.2) is 9.97 Å². The molecule has 17 heavy (non-hydrogen) atoms. The molecule has 2 aromatic heterocycles. The molecule has 7 heteroatoms. The number of aromatic nitrogens is 4. The van der Waals surface area contributed by atoms with Crippen LogP contribution in [0.25, 0.3) is 0 Å². The summed E-state index contributed by atoms with van der Waals surface area (Å²) in [7, 11) is 0. The second-order valence-corrected chi connectivity index (χ2v) is 5.11. The average molecular weight is 287 g/mol. The molecule has 0 saturated carbocycles. The monoisotopic (exact) mass is 286 g/mol. The first kappa shape index (κ1) is 12.5. The Hall–Kier alpha value is -0.910. The standard InChI is InChI=1S/C10H8Cl2N4S/c1-5-3-6(2)14-10(13-5)17-7-4-8(11)15-16-9(7)12/h3-4H,1-2H3. The molecule has 2 heterocycles. The van der Waals surface area contributed by atoms with Crippen molar-refractivity contribution in [2.45, 2.75) is 23.9 Å². The lowest BCUT2D eigenvalue weighted by atomic mass is 10.4.